The fraction of sp³-hybridized carbons (Fsp3) is 0. The monoisotopic (exact) mass is 226 g/mol. The number of carbonyl (C=O) groups is 1. The Labute approximate surface area is 78.7 Å². The molecular formula is C9H7BrO2. The highest BCUT2D eigenvalue weighted by Crippen LogP contribution is 2.15. The normalized spacial score (nSPS) is 11.2. The van der Waals surface area contributed by atoms with Crippen LogP contribution in [0, 0.1) is 0 Å². The van der Waals surface area contributed by atoms with Crippen molar-refractivity contribution in [1.29, 1.82) is 0 Å². The van der Waals surface area contributed by atoms with Gasteiger partial charge in [0.15, 0.2) is 0 Å². The Kier molecular flexibility index (Phi) is 3.05. The Bertz CT molecular complexity index is 304. The number of hydrogen-bond acceptors (Lipinski definition) is 1. The molecule has 0 radical (unpaired) electrons. The molecule has 0 atom stereocenters. The van der Waals surface area contributed by atoms with Crippen LogP contribution in [0.2, 0.25) is 0 Å². The van der Waals surface area contributed by atoms with Crippen molar-refractivity contribution in [3.05, 3.63) is 40.9 Å². The van der Waals surface area contributed by atoms with Crippen LogP contribution < -0.4 is 0 Å². The Hall–Kier alpha value is -1.09. The summed E-state index contributed by atoms with van der Waals surface area (Å²) in [5, 5.41) is 8.73. The van der Waals surface area contributed by atoms with Crippen LogP contribution in [0.15, 0.2) is 35.3 Å². The van der Waals surface area contributed by atoms with Gasteiger partial charge < -0.3 is 5.11 Å². The molecule has 0 saturated heterocycles. The third-order valence-electron chi connectivity index (χ3n) is 1.42. The average molecular weight is 227 g/mol. The molecule has 0 spiro atoms. The van der Waals surface area contributed by atoms with E-state index in [1.807, 2.05) is 6.07 Å². The van der Waals surface area contributed by atoms with Crippen LogP contribution in [0.25, 0.3) is 5.57 Å². The molecule has 0 saturated carbocycles. The predicted molar refractivity (Wildman–Crippen MR) is 51.0 cm³/mol. The Morgan fingerprint density at radius 3 is 2.33 bits per heavy atom. The van der Waals surface area contributed by atoms with Gasteiger partial charge in [0.05, 0.1) is 5.57 Å². The SMILES string of the molecule is O=C(O)C(=CBr)c1ccccc1. The van der Waals surface area contributed by atoms with Crippen LogP contribution in [0.3, 0.4) is 0 Å². The van der Waals surface area contributed by atoms with Gasteiger partial charge in [-0.1, -0.05) is 46.3 Å². The van der Waals surface area contributed by atoms with Crippen molar-refractivity contribution in [3.63, 3.8) is 0 Å². The fourth-order valence-corrected chi connectivity index (χ4v) is 1.31. The van der Waals surface area contributed by atoms with E-state index in [1.54, 1.807) is 24.3 Å². The van der Waals surface area contributed by atoms with Gasteiger partial charge in [-0.3, -0.25) is 0 Å². The summed E-state index contributed by atoms with van der Waals surface area (Å²) in [5.74, 6) is -0.932. The number of aliphatic carboxylic acids is 1. The van der Waals surface area contributed by atoms with Crippen LogP contribution in [0.5, 0.6) is 0 Å². The Morgan fingerprint density at radius 1 is 1.33 bits per heavy atom. The number of carboxylic acids is 1. The van der Waals surface area contributed by atoms with Gasteiger partial charge in [-0.25, -0.2) is 4.79 Å². The van der Waals surface area contributed by atoms with Gasteiger partial charge in [-0.2, -0.15) is 0 Å². The molecule has 0 bridgehead atoms. The number of benzene rings is 1. The summed E-state index contributed by atoms with van der Waals surface area (Å²) in [6, 6.07) is 8.95. The number of carboxylic acid groups (broad SMARTS) is 1. The molecule has 12 heavy (non-hydrogen) atoms. The quantitative estimate of drug-likeness (QED) is 0.788. The van der Waals surface area contributed by atoms with E-state index in [9.17, 15) is 4.79 Å². The predicted octanol–water partition coefficient (Wildman–Crippen LogP) is 2.51. The average Bonchev–Trinajstić information content (AvgIpc) is 2.07. The number of rotatable bonds is 2. The minimum atomic E-state index is -0.932. The van der Waals surface area contributed by atoms with Gasteiger partial charge in [0, 0.05) is 0 Å². The van der Waals surface area contributed by atoms with E-state index >= 15 is 0 Å². The molecule has 0 fully saturated rings. The van der Waals surface area contributed by atoms with Crippen molar-refractivity contribution in [3.8, 4) is 0 Å². The van der Waals surface area contributed by atoms with Crippen molar-refractivity contribution >= 4 is 27.5 Å². The first-order valence-corrected chi connectivity index (χ1v) is 4.26. The summed E-state index contributed by atoms with van der Waals surface area (Å²) in [4.78, 5) is 12.0. The summed E-state index contributed by atoms with van der Waals surface area (Å²) >= 11 is 3.01. The van der Waals surface area contributed by atoms with Crippen molar-refractivity contribution in [2.75, 3.05) is 0 Å². The van der Waals surface area contributed by atoms with E-state index < -0.39 is 5.97 Å². The summed E-state index contributed by atoms with van der Waals surface area (Å²) in [7, 11) is 0. The van der Waals surface area contributed by atoms with Crippen LogP contribution in [-0.2, 0) is 4.79 Å². The van der Waals surface area contributed by atoms with Crippen molar-refractivity contribution in [2.45, 2.75) is 0 Å². The van der Waals surface area contributed by atoms with Gasteiger partial charge in [0.1, 0.15) is 0 Å². The van der Waals surface area contributed by atoms with Crippen molar-refractivity contribution < 1.29 is 9.90 Å². The van der Waals surface area contributed by atoms with Gasteiger partial charge in [-0.05, 0) is 10.5 Å². The lowest BCUT2D eigenvalue weighted by Crippen LogP contribution is -1.97. The standard InChI is InChI=1S/C9H7BrO2/c10-6-8(9(11)12)7-4-2-1-3-5-7/h1-6H,(H,11,12). The van der Waals surface area contributed by atoms with E-state index in [-0.39, 0.29) is 5.57 Å². The Morgan fingerprint density at radius 2 is 1.92 bits per heavy atom. The smallest absolute Gasteiger partial charge is 0.336 e. The zero-order valence-corrected chi connectivity index (χ0v) is 7.78. The lowest BCUT2D eigenvalue weighted by molar-refractivity contribution is -0.130. The first kappa shape index (κ1) is 9.00. The molecule has 0 heterocycles. The largest absolute Gasteiger partial charge is 0.478 e. The maximum Gasteiger partial charge on any atom is 0.336 e. The maximum atomic E-state index is 10.6. The van der Waals surface area contributed by atoms with E-state index in [0.29, 0.717) is 5.56 Å². The van der Waals surface area contributed by atoms with E-state index in [2.05, 4.69) is 15.9 Å². The molecule has 0 aromatic heterocycles. The molecule has 1 aromatic carbocycles. The minimum Gasteiger partial charge on any atom is -0.478 e. The highest BCUT2D eigenvalue weighted by molar-refractivity contribution is 9.11. The molecule has 0 aliphatic carbocycles. The lowest BCUT2D eigenvalue weighted by Gasteiger charge is -1.98. The molecule has 1 aromatic rings. The van der Waals surface area contributed by atoms with Crippen LogP contribution in [-0.4, -0.2) is 11.1 Å². The summed E-state index contributed by atoms with van der Waals surface area (Å²) in [6.45, 7) is 0. The molecule has 0 amide bonds. The topological polar surface area (TPSA) is 37.3 Å². The lowest BCUT2D eigenvalue weighted by atomic mass is 10.1. The second-order valence-electron chi connectivity index (χ2n) is 2.19. The minimum absolute atomic E-state index is 0.260. The van der Waals surface area contributed by atoms with Gasteiger partial charge >= 0.3 is 5.97 Å². The Balaban J connectivity index is 3.05. The van der Waals surface area contributed by atoms with Crippen LogP contribution in [0.4, 0.5) is 0 Å². The van der Waals surface area contributed by atoms with Gasteiger partial charge in [0.25, 0.3) is 0 Å². The second kappa shape index (κ2) is 4.07. The third-order valence-corrected chi connectivity index (χ3v) is 1.88. The fourth-order valence-electron chi connectivity index (χ4n) is 0.851. The highest BCUT2D eigenvalue weighted by atomic mass is 79.9. The molecule has 62 valence electrons. The summed E-state index contributed by atoms with van der Waals surface area (Å²) < 4.78 is 0. The van der Waals surface area contributed by atoms with Crippen LogP contribution in [0.1, 0.15) is 5.56 Å². The van der Waals surface area contributed by atoms with Gasteiger partial charge in [0.2, 0.25) is 0 Å². The molecule has 0 unspecified atom stereocenters. The molecular weight excluding hydrogens is 220 g/mol. The van der Waals surface area contributed by atoms with Crippen LogP contribution >= 0.6 is 15.9 Å². The summed E-state index contributed by atoms with van der Waals surface area (Å²) in [6.07, 6.45) is 0. The molecule has 0 aliphatic heterocycles. The molecule has 3 heteroatoms. The zero-order valence-electron chi connectivity index (χ0n) is 6.20. The first-order chi connectivity index (χ1) is 5.75. The number of hydrogen-bond donors (Lipinski definition) is 1. The van der Waals surface area contributed by atoms with E-state index in [0.717, 1.165) is 0 Å². The van der Waals surface area contributed by atoms with Gasteiger partial charge in [-0.15, -0.1) is 0 Å². The molecule has 2 nitrogen and oxygen atoms in total. The van der Waals surface area contributed by atoms with E-state index in [1.165, 1.54) is 4.99 Å². The maximum absolute atomic E-state index is 10.6. The third kappa shape index (κ3) is 1.95. The highest BCUT2D eigenvalue weighted by Gasteiger charge is 2.07. The first-order valence-electron chi connectivity index (χ1n) is 3.35. The molecule has 1 N–H and O–H groups in total. The zero-order chi connectivity index (χ0) is 8.97. The van der Waals surface area contributed by atoms with E-state index in [4.69, 9.17) is 5.11 Å². The number of halogens is 1. The molecule has 1 rings (SSSR count). The molecule has 0 aliphatic rings. The van der Waals surface area contributed by atoms with Crippen molar-refractivity contribution in [2.24, 2.45) is 0 Å². The van der Waals surface area contributed by atoms with Crippen molar-refractivity contribution in [1.82, 2.24) is 0 Å². The second-order valence-corrected chi connectivity index (χ2v) is 2.65. The summed E-state index contributed by atoms with van der Waals surface area (Å²) in [5.41, 5.74) is 0.956.